The minimum absolute atomic E-state index is 0.322. The number of fused-ring (bicyclic) bond motifs is 1. The third-order valence-corrected chi connectivity index (χ3v) is 5.50. The molecule has 7 nitrogen and oxygen atoms in total. The highest BCUT2D eigenvalue weighted by Crippen LogP contribution is 2.30. The molecule has 0 atom stereocenters. The zero-order valence-electron chi connectivity index (χ0n) is 13.2. The van der Waals surface area contributed by atoms with Gasteiger partial charge in [-0.15, -0.1) is 11.3 Å². The molecule has 4 heterocycles. The summed E-state index contributed by atoms with van der Waals surface area (Å²) in [4.78, 5) is 19.5. The summed E-state index contributed by atoms with van der Waals surface area (Å²) in [7, 11) is 2.14. The van der Waals surface area contributed by atoms with E-state index in [-0.39, 0.29) is 0 Å². The molecule has 2 aliphatic heterocycles. The monoisotopic (exact) mass is 331 g/mol. The molecule has 0 bridgehead atoms. The maximum Gasteiger partial charge on any atom is 0.222 e. The Balaban J connectivity index is 1.65. The van der Waals surface area contributed by atoms with Crippen molar-refractivity contribution in [1.82, 2.24) is 25.2 Å². The minimum Gasteiger partial charge on any atom is -0.368 e. The van der Waals surface area contributed by atoms with Crippen molar-refractivity contribution < 1.29 is 0 Å². The van der Waals surface area contributed by atoms with E-state index in [0.717, 1.165) is 62.2 Å². The van der Waals surface area contributed by atoms with Crippen molar-refractivity contribution in [2.75, 3.05) is 50.4 Å². The molecule has 23 heavy (non-hydrogen) atoms. The van der Waals surface area contributed by atoms with Crippen molar-refractivity contribution in [3.63, 3.8) is 0 Å². The number of anilines is 2. The van der Waals surface area contributed by atoms with Crippen molar-refractivity contribution in [2.45, 2.75) is 13.0 Å². The van der Waals surface area contributed by atoms with E-state index < -0.39 is 0 Å². The molecule has 0 radical (unpaired) electrons. The van der Waals surface area contributed by atoms with Crippen LogP contribution in [0.5, 0.6) is 0 Å². The highest BCUT2D eigenvalue weighted by molar-refractivity contribution is 7.15. The number of rotatable bonds is 2. The van der Waals surface area contributed by atoms with Crippen LogP contribution in [-0.2, 0) is 13.0 Å². The SMILES string of the molecule is CN1CCN(c2cc(-c3nc4c(s3)CNCC4)nc(N)n2)CC1. The van der Waals surface area contributed by atoms with E-state index in [1.165, 1.54) is 10.6 Å². The number of thiazole rings is 1. The Hall–Kier alpha value is -1.77. The van der Waals surface area contributed by atoms with Gasteiger partial charge < -0.3 is 20.9 Å². The van der Waals surface area contributed by atoms with Crippen LogP contribution in [-0.4, -0.2) is 59.6 Å². The maximum atomic E-state index is 5.96. The number of nitrogen functional groups attached to an aromatic ring is 1. The van der Waals surface area contributed by atoms with E-state index in [1.54, 1.807) is 11.3 Å². The Labute approximate surface area is 139 Å². The van der Waals surface area contributed by atoms with Gasteiger partial charge in [-0.1, -0.05) is 0 Å². The molecular formula is C15H21N7S. The topological polar surface area (TPSA) is 83.2 Å². The first-order valence-electron chi connectivity index (χ1n) is 7.97. The molecule has 2 aromatic rings. The predicted octanol–water partition coefficient (Wildman–Crippen LogP) is 0.580. The highest BCUT2D eigenvalue weighted by atomic mass is 32.1. The Morgan fingerprint density at radius 1 is 1.17 bits per heavy atom. The largest absolute Gasteiger partial charge is 0.368 e. The lowest BCUT2D eigenvalue weighted by Gasteiger charge is -2.33. The van der Waals surface area contributed by atoms with Gasteiger partial charge in [0.25, 0.3) is 0 Å². The van der Waals surface area contributed by atoms with Gasteiger partial charge in [0.15, 0.2) is 0 Å². The summed E-state index contributed by atoms with van der Waals surface area (Å²) in [6.45, 7) is 5.90. The lowest BCUT2D eigenvalue weighted by Crippen LogP contribution is -2.44. The van der Waals surface area contributed by atoms with Gasteiger partial charge in [-0.3, -0.25) is 0 Å². The van der Waals surface area contributed by atoms with Crippen LogP contribution < -0.4 is 16.0 Å². The van der Waals surface area contributed by atoms with E-state index in [2.05, 4.69) is 32.1 Å². The van der Waals surface area contributed by atoms with Crippen LogP contribution in [0.2, 0.25) is 0 Å². The van der Waals surface area contributed by atoms with Gasteiger partial charge in [-0.05, 0) is 7.05 Å². The quantitative estimate of drug-likeness (QED) is 0.833. The van der Waals surface area contributed by atoms with Crippen LogP contribution in [0.3, 0.4) is 0 Å². The molecule has 1 fully saturated rings. The summed E-state index contributed by atoms with van der Waals surface area (Å²) in [6, 6.07) is 2.03. The normalized spacial score (nSPS) is 18.9. The van der Waals surface area contributed by atoms with Gasteiger partial charge in [-0.25, -0.2) is 9.97 Å². The van der Waals surface area contributed by atoms with Gasteiger partial charge in [-0.2, -0.15) is 4.98 Å². The van der Waals surface area contributed by atoms with E-state index >= 15 is 0 Å². The van der Waals surface area contributed by atoms with Gasteiger partial charge >= 0.3 is 0 Å². The molecule has 3 N–H and O–H groups in total. The number of hydrogen-bond acceptors (Lipinski definition) is 8. The van der Waals surface area contributed by atoms with Gasteiger partial charge in [0, 0.05) is 56.6 Å². The summed E-state index contributed by atoms with van der Waals surface area (Å²) in [5.74, 6) is 1.23. The molecule has 4 rings (SSSR count). The van der Waals surface area contributed by atoms with Crippen LogP contribution in [0, 0.1) is 0 Å². The number of likely N-dealkylation sites (N-methyl/N-ethyl adjacent to an activating group) is 1. The molecular weight excluding hydrogens is 310 g/mol. The molecule has 1 saturated heterocycles. The van der Waals surface area contributed by atoms with Gasteiger partial charge in [0.2, 0.25) is 5.95 Å². The lowest BCUT2D eigenvalue weighted by atomic mass is 10.2. The Bertz CT molecular complexity index is 682. The van der Waals surface area contributed by atoms with E-state index in [9.17, 15) is 0 Å². The van der Waals surface area contributed by atoms with Crippen LogP contribution in [0.15, 0.2) is 6.07 Å². The summed E-state index contributed by atoms with van der Waals surface area (Å²) in [5.41, 5.74) is 7.99. The second kappa shape index (κ2) is 6.03. The smallest absolute Gasteiger partial charge is 0.222 e. The van der Waals surface area contributed by atoms with Crippen molar-refractivity contribution in [2.24, 2.45) is 0 Å². The van der Waals surface area contributed by atoms with Crippen LogP contribution in [0.25, 0.3) is 10.7 Å². The van der Waals surface area contributed by atoms with E-state index in [1.807, 2.05) is 6.07 Å². The second-order valence-electron chi connectivity index (χ2n) is 6.08. The van der Waals surface area contributed by atoms with Crippen LogP contribution >= 0.6 is 11.3 Å². The average molecular weight is 331 g/mol. The molecule has 0 amide bonds. The second-order valence-corrected chi connectivity index (χ2v) is 7.16. The van der Waals surface area contributed by atoms with Gasteiger partial charge in [0.1, 0.15) is 16.5 Å². The Morgan fingerprint density at radius 2 is 2.00 bits per heavy atom. The van der Waals surface area contributed by atoms with Crippen molar-refractivity contribution >= 4 is 23.1 Å². The fourth-order valence-corrected chi connectivity index (χ4v) is 4.03. The van der Waals surface area contributed by atoms with Crippen LogP contribution in [0.1, 0.15) is 10.6 Å². The zero-order chi connectivity index (χ0) is 15.8. The summed E-state index contributed by atoms with van der Waals surface area (Å²) in [5, 5.41) is 4.33. The number of hydrogen-bond donors (Lipinski definition) is 2. The maximum absolute atomic E-state index is 5.96. The van der Waals surface area contributed by atoms with E-state index in [4.69, 9.17) is 10.7 Å². The molecule has 122 valence electrons. The molecule has 2 aromatic heterocycles. The fraction of sp³-hybridized carbons (Fsp3) is 0.533. The zero-order valence-corrected chi connectivity index (χ0v) is 14.1. The van der Waals surface area contributed by atoms with E-state index in [0.29, 0.717) is 5.95 Å². The molecule has 0 spiro atoms. The van der Waals surface area contributed by atoms with Crippen molar-refractivity contribution in [3.05, 3.63) is 16.6 Å². The first kappa shape index (κ1) is 14.8. The predicted molar refractivity (Wildman–Crippen MR) is 92.7 cm³/mol. The van der Waals surface area contributed by atoms with Crippen molar-refractivity contribution in [3.8, 4) is 10.7 Å². The standard InChI is InChI=1S/C15H21N7S/c1-21-4-6-22(7-5-21)13-8-11(19-15(16)20-13)14-18-10-2-3-17-9-12(10)23-14/h8,17H,2-7,9H2,1H3,(H2,16,19,20). The molecule has 0 saturated carbocycles. The number of nitrogens with zero attached hydrogens (tertiary/aromatic N) is 5. The Kier molecular flexibility index (Phi) is 3.88. The highest BCUT2D eigenvalue weighted by Gasteiger charge is 2.20. The summed E-state index contributed by atoms with van der Waals surface area (Å²) < 4.78 is 0. The molecule has 2 aliphatic rings. The third-order valence-electron chi connectivity index (χ3n) is 4.38. The molecule has 8 heteroatoms. The summed E-state index contributed by atoms with van der Waals surface area (Å²) >= 11 is 1.71. The first-order chi connectivity index (χ1) is 11.2. The van der Waals surface area contributed by atoms with Gasteiger partial charge in [0.05, 0.1) is 5.69 Å². The summed E-state index contributed by atoms with van der Waals surface area (Å²) in [6.07, 6.45) is 0.984. The molecule has 0 aliphatic carbocycles. The first-order valence-corrected chi connectivity index (χ1v) is 8.78. The fourth-order valence-electron chi connectivity index (χ4n) is 2.99. The van der Waals surface area contributed by atoms with Crippen molar-refractivity contribution in [1.29, 1.82) is 0 Å². The Morgan fingerprint density at radius 3 is 2.78 bits per heavy atom. The number of aromatic nitrogens is 3. The number of piperazine rings is 1. The average Bonchev–Trinajstić information content (AvgIpc) is 2.99. The minimum atomic E-state index is 0.322. The lowest BCUT2D eigenvalue weighted by molar-refractivity contribution is 0.312. The molecule has 0 aromatic carbocycles. The number of nitrogens with two attached hydrogens (primary N) is 1. The van der Waals surface area contributed by atoms with Crippen LogP contribution in [0.4, 0.5) is 11.8 Å². The third kappa shape index (κ3) is 3.01. The molecule has 0 unspecified atom stereocenters. The number of nitrogens with one attached hydrogen (secondary N) is 1.